The Labute approximate surface area is 154 Å². The number of carbonyl (C=O) groups is 3. The Bertz CT molecular complexity index is 613. The highest BCUT2D eigenvalue weighted by molar-refractivity contribution is 5.82. The molecular formula is C18H27N3O5. The van der Waals surface area contributed by atoms with Crippen LogP contribution in [-0.4, -0.2) is 53.9 Å². The van der Waals surface area contributed by atoms with Gasteiger partial charge in [-0.15, -0.1) is 0 Å². The first-order chi connectivity index (χ1) is 12.1. The van der Waals surface area contributed by atoms with Crippen LogP contribution in [0.25, 0.3) is 0 Å². The van der Waals surface area contributed by atoms with Crippen LogP contribution in [0.5, 0.6) is 0 Å². The first kappa shape index (κ1) is 21.3. The molecule has 0 aliphatic carbocycles. The molecule has 26 heavy (non-hydrogen) atoms. The monoisotopic (exact) mass is 365 g/mol. The van der Waals surface area contributed by atoms with E-state index in [-0.39, 0.29) is 13.2 Å². The molecule has 0 bridgehead atoms. The van der Waals surface area contributed by atoms with Crippen LogP contribution in [0.2, 0.25) is 0 Å². The molecule has 0 saturated heterocycles. The van der Waals surface area contributed by atoms with Gasteiger partial charge in [-0.2, -0.15) is 0 Å². The van der Waals surface area contributed by atoms with E-state index >= 15 is 0 Å². The van der Waals surface area contributed by atoms with Gasteiger partial charge in [0.1, 0.15) is 12.1 Å². The molecule has 0 spiro atoms. The molecular weight excluding hydrogens is 338 g/mol. The molecule has 3 amide bonds. The highest BCUT2D eigenvalue weighted by Crippen LogP contribution is 2.11. The number of rotatable bonds is 5. The summed E-state index contributed by atoms with van der Waals surface area (Å²) >= 11 is 0. The average Bonchev–Trinajstić information content (AvgIpc) is 2.56. The van der Waals surface area contributed by atoms with Crippen LogP contribution in [0.1, 0.15) is 33.3 Å². The van der Waals surface area contributed by atoms with Gasteiger partial charge in [-0.25, -0.2) is 19.6 Å². The highest BCUT2D eigenvalue weighted by atomic mass is 16.6. The number of nitrogens with zero attached hydrogens (tertiary/aromatic N) is 2. The molecule has 0 aliphatic rings. The third-order valence-electron chi connectivity index (χ3n) is 3.13. The smallest absolute Gasteiger partial charge is 0.429 e. The number of hydrogen-bond acceptors (Lipinski definition) is 5. The summed E-state index contributed by atoms with van der Waals surface area (Å²) in [5.74, 6) is -0.638. The van der Waals surface area contributed by atoms with Crippen LogP contribution in [0.15, 0.2) is 30.3 Å². The summed E-state index contributed by atoms with van der Waals surface area (Å²) in [7, 11) is 1.38. The summed E-state index contributed by atoms with van der Waals surface area (Å²) in [6, 6.07) is 8.78. The second kappa shape index (κ2) is 9.65. The Hall–Kier alpha value is -2.77. The molecule has 0 aromatic heterocycles. The standard InChI is InChI=1S/C18H27N3O5/c1-6-25-15(22)13-21(17(24)26-18(2,3)4)20(5)16(23)19-12-14-10-8-7-9-11-14/h7-11H,6,12-13H2,1-5H3,(H,19,23). The summed E-state index contributed by atoms with van der Waals surface area (Å²) < 4.78 is 10.1. The fraction of sp³-hybridized carbons (Fsp3) is 0.500. The lowest BCUT2D eigenvalue weighted by atomic mass is 10.2. The van der Waals surface area contributed by atoms with E-state index in [4.69, 9.17) is 9.47 Å². The summed E-state index contributed by atoms with van der Waals surface area (Å²) in [6.07, 6.45) is -0.817. The number of esters is 1. The quantitative estimate of drug-likeness (QED) is 0.640. The molecule has 0 unspecified atom stereocenters. The number of amides is 3. The summed E-state index contributed by atoms with van der Waals surface area (Å²) in [6.45, 7) is 6.77. The number of urea groups is 1. The zero-order valence-corrected chi connectivity index (χ0v) is 15.9. The number of nitrogens with one attached hydrogen (secondary N) is 1. The van der Waals surface area contributed by atoms with Gasteiger partial charge in [0.15, 0.2) is 0 Å². The Kier molecular flexibility index (Phi) is 7.89. The SMILES string of the molecule is CCOC(=O)CN(C(=O)OC(C)(C)C)N(C)C(=O)NCc1ccccc1. The van der Waals surface area contributed by atoms with Gasteiger partial charge in [0.05, 0.1) is 6.61 Å². The van der Waals surface area contributed by atoms with E-state index in [1.54, 1.807) is 27.7 Å². The minimum absolute atomic E-state index is 0.172. The van der Waals surface area contributed by atoms with Gasteiger partial charge in [0.25, 0.3) is 0 Å². The van der Waals surface area contributed by atoms with Crippen molar-refractivity contribution in [1.29, 1.82) is 0 Å². The van der Waals surface area contributed by atoms with E-state index in [9.17, 15) is 14.4 Å². The van der Waals surface area contributed by atoms with Crippen LogP contribution >= 0.6 is 0 Å². The van der Waals surface area contributed by atoms with Crippen LogP contribution in [0.4, 0.5) is 9.59 Å². The van der Waals surface area contributed by atoms with Crippen molar-refractivity contribution in [2.45, 2.75) is 39.8 Å². The molecule has 1 aromatic rings. The van der Waals surface area contributed by atoms with Crippen LogP contribution in [-0.2, 0) is 20.8 Å². The second-order valence-electron chi connectivity index (χ2n) is 6.51. The highest BCUT2D eigenvalue weighted by Gasteiger charge is 2.30. The number of ether oxygens (including phenoxy) is 2. The zero-order chi connectivity index (χ0) is 19.7. The zero-order valence-electron chi connectivity index (χ0n) is 15.9. The lowest BCUT2D eigenvalue weighted by Gasteiger charge is -2.32. The molecule has 1 aromatic carbocycles. The predicted molar refractivity (Wildman–Crippen MR) is 96.0 cm³/mol. The lowest BCUT2D eigenvalue weighted by Crippen LogP contribution is -2.54. The van der Waals surface area contributed by atoms with Crippen molar-refractivity contribution in [1.82, 2.24) is 15.3 Å². The Balaban J connectivity index is 2.80. The maximum Gasteiger partial charge on any atom is 0.429 e. The van der Waals surface area contributed by atoms with Gasteiger partial charge in [-0.1, -0.05) is 30.3 Å². The Morgan fingerprint density at radius 1 is 1.12 bits per heavy atom. The molecule has 0 heterocycles. The third-order valence-corrected chi connectivity index (χ3v) is 3.13. The minimum atomic E-state index is -0.817. The van der Waals surface area contributed by atoms with Gasteiger partial charge in [-0.3, -0.25) is 4.79 Å². The fourth-order valence-corrected chi connectivity index (χ4v) is 1.93. The van der Waals surface area contributed by atoms with Crippen molar-refractivity contribution in [2.75, 3.05) is 20.2 Å². The Morgan fingerprint density at radius 2 is 1.73 bits per heavy atom. The van der Waals surface area contributed by atoms with Gasteiger partial charge in [0.2, 0.25) is 0 Å². The number of hydrogen-bond donors (Lipinski definition) is 1. The number of hydrazine groups is 1. The van der Waals surface area contributed by atoms with Crippen molar-refractivity contribution in [3.63, 3.8) is 0 Å². The van der Waals surface area contributed by atoms with E-state index in [0.29, 0.717) is 0 Å². The third kappa shape index (κ3) is 7.42. The van der Waals surface area contributed by atoms with Gasteiger partial charge < -0.3 is 14.8 Å². The van der Waals surface area contributed by atoms with Crippen molar-refractivity contribution in [3.05, 3.63) is 35.9 Å². The lowest BCUT2D eigenvalue weighted by molar-refractivity contribution is -0.147. The van der Waals surface area contributed by atoms with E-state index in [0.717, 1.165) is 15.6 Å². The molecule has 0 atom stereocenters. The number of benzene rings is 1. The van der Waals surface area contributed by atoms with E-state index < -0.39 is 30.2 Å². The normalized spacial score (nSPS) is 10.7. The van der Waals surface area contributed by atoms with Crippen molar-refractivity contribution in [3.8, 4) is 0 Å². The molecule has 0 fully saturated rings. The molecule has 0 saturated carbocycles. The average molecular weight is 365 g/mol. The maximum absolute atomic E-state index is 12.4. The van der Waals surface area contributed by atoms with Crippen LogP contribution < -0.4 is 5.32 Å². The molecule has 8 nitrogen and oxygen atoms in total. The van der Waals surface area contributed by atoms with Crippen molar-refractivity contribution < 1.29 is 23.9 Å². The largest absolute Gasteiger partial charge is 0.465 e. The minimum Gasteiger partial charge on any atom is -0.465 e. The molecule has 144 valence electrons. The van der Waals surface area contributed by atoms with E-state index in [2.05, 4.69) is 5.32 Å². The molecule has 8 heteroatoms. The van der Waals surface area contributed by atoms with Gasteiger partial charge >= 0.3 is 18.1 Å². The molecule has 0 aliphatic heterocycles. The maximum atomic E-state index is 12.4. The van der Waals surface area contributed by atoms with Crippen molar-refractivity contribution >= 4 is 18.1 Å². The summed E-state index contributed by atoms with van der Waals surface area (Å²) in [5.41, 5.74) is 0.134. The van der Waals surface area contributed by atoms with Crippen LogP contribution in [0.3, 0.4) is 0 Å². The van der Waals surface area contributed by atoms with Crippen LogP contribution in [0, 0.1) is 0 Å². The number of carbonyl (C=O) groups excluding carboxylic acids is 3. The van der Waals surface area contributed by atoms with Crippen molar-refractivity contribution in [2.24, 2.45) is 0 Å². The molecule has 0 radical (unpaired) electrons. The van der Waals surface area contributed by atoms with E-state index in [1.165, 1.54) is 7.05 Å². The first-order valence-electron chi connectivity index (χ1n) is 8.35. The first-order valence-corrected chi connectivity index (χ1v) is 8.35. The Morgan fingerprint density at radius 3 is 2.27 bits per heavy atom. The summed E-state index contributed by atoms with van der Waals surface area (Å²) in [4.78, 5) is 36.6. The van der Waals surface area contributed by atoms with E-state index in [1.807, 2.05) is 30.3 Å². The summed E-state index contributed by atoms with van der Waals surface area (Å²) in [5, 5.41) is 4.60. The molecule has 1 rings (SSSR count). The van der Waals surface area contributed by atoms with Gasteiger partial charge in [0, 0.05) is 13.6 Å². The second-order valence-corrected chi connectivity index (χ2v) is 6.51. The topological polar surface area (TPSA) is 88.2 Å². The molecule has 1 N–H and O–H groups in total. The van der Waals surface area contributed by atoms with Gasteiger partial charge in [-0.05, 0) is 33.3 Å². The fourth-order valence-electron chi connectivity index (χ4n) is 1.93. The predicted octanol–water partition coefficient (Wildman–Crippen LogP) is 2.54.